The van der Waals surface area contributed by atoms with Gasteiger partial charge in [-0.3, -0.25) is 19.7 Å². The van der Waals surface area contributed by atoms with Crippen LogP contribution in [0.15, 0.2) is 30.3 Å². The van der Waals surface area contributed by atoms with Gasteiger partial charge in [-0.2, -0.15) is 0 Å². The molecule has 6 nitrogen and oxygen atoms in total. The molecule has 3 amide bonds. The molecule has 0 aromatic heterocycles. The molecule has 0 saturated carbocycles. The largest absolute Gasteiger partial charge is 0.317 e. The lowest BCUT2D eigenvalue weighted by atomic mass is 9.87. The highest BCUT2D eigenvalue weighted by atomic mass is 16.2. The maximum atomic E-state index is 13.2. The van der Waals surface area contributed by atoms with Gasteiger partial charge >= 0.3 is 0 Å². The zero-order valence-corrected chi connectivity index (χ0v) is 16.7. The molecular formula is C23H27N3O3. The fraction of sp³-hybridized carbons (Fsp3) is 0.435. The van der Waals surface area contributed by atoms with Crippen LogP contribution in [0.2, 0.25) is 0 Å². The van der Waals surface area contributed by atoms with E-state index in [9.17, 15) is 14.4 Å². The van der Waals surface area contributed by atoms with Gasteiger partial charge in [0, 0.05) is 23.4 Å². The maximum Gasteiger partial charge on any atom is 0.259 e. The first-order valence-electron chi connectivity index (χ1n) is 10.4. The Morgan fingerprint density at radius 1 is 1.28 bits per heavy atom. The Morgan fingerprint density at radius 2 is 2.14 bits per heavy atom. The van der Waals surface area contributed by atoms with E-state index in [2.05, 4.69) is 22.8 Å². The molecule has 6 heteroatoms. The van der Waals surface area contributed by atoms with Gasteiger partial charge in [0.05, 0.1) is 5.69 Å². The Morgan fingerprint density at radius 3 is 2.97 bits per heavy atom. The second-order valence-corrected chi connectivity index (χ2v) is 8.03. The van der Waals surface area contributed by atoms with Crippen LogP contribution in [0.25, 0.3) is 10.8 Å². The summed E-state index contributed by atoms with van der Waals surface area (Å²) in [6, 6.07) is 10.1. The molecule has 0 aliphatic carbocycles. The normalized spacial score (nSPS) is 19.8. The first-order chi connectivity index (χ1) is 14.1. The van der Waals surface area contributed by atoms with E-state index in [0.717, 1.165) is 42.6 Å². The molecule has 2 aromatic rings. The van der Waals surface area contributed by atoms with E-state index < -0.39 is 0 Å². The molecule has 1 fully saturated rings. The third kappa shape index (κ3) is 3.65. The van der Waals surface area contributed by atoms with Crippen molar-refractivity contribution >= 4 is 34.7 Å². The highest BCUT2D eigenvalue weighted by Gasteiger charge is 2.34. The summed E-state index contributed by atoms with van der Waals surface area (Å²) in [6.07, 6.45) is 4.53. The lowest BCUT2D eigenvalue weighted by Crippen LogP contribution is -2.36. The molecule has 2 aromatic carbocycles. The first kappa shape index (κ1) is 19.6. The number of hydrogen-bond acceptors (Lipinski definition) is 4. The molecule has 2 unspecified atom stereocenters. The van der Waals surface area contributed by atoms with Crippen molar-refractivity contribution in [2.45, 2.75) is 51.0 Å². The van der Waals surface area contributed by atoms with Gasteiger partial charge in [0.15, 0.2) is 0 Å². The molecule has 2 aliphatic rings. The number of carbonyl (C=O) groups is 3. The van der Waals surface area contributed by atoms with Gasteiger partial charge in [-0.05, 0) is 74.7 Å². The second-order valence-electron chi connectivity index (χ2n) is 8.03. The van der Waals surface area contributed by atoms with Crippen molar-refractivity contribution in [1.82, 2.24) is 10.6 Å². The van der Waals surface area contributed by atoms with E-state index in [1.165, 1.54) is 17.4 Å². The van der Waals surface area contributed by atoms with E-state index in [1.54, 1.807) is 0 Å². The molecule has 2 atom stereocenters. The Labute approximate surface area is 170 Å². The van der Waals surface area contributed by atoms with Crippen LogP contribution in [0, 0.1) is 0 Å². The minimum Gasteiger partial charge on any atom is -0.317 e. The fourth-order valence-corrected chi connectivity index (χ4v) is 4.76. The van der Waals surface area contributed by atoms with Gasteiger partial charge in [-0.15, -0.1) is 0 Å². The van der Waals surface area contributed by atoms with Gasteiger partial charge in [0.25, 0.3) is 5.91 Å². The summed E-state index contributed by atoms with van der Waals surface area (Å²) in [5, 5.41) is 7.85. The van der Waals surface area contributed by atoms with Gasteiger partial charge in [-0.1, -0.05) is 18.2 Å². The van der Waals surface area contributed by atoms with E-state index in [-0.39, 0.29) is 24.3 Å². The van der Waals surface area contributed by atoms with Crippen molar-refractivity contribution in [1.29, 1.82) is 0 Å². The third-order valence-electron chi connectivity index (χ3n) is 6.23. The van der Waals surface area contributed by atoms with Crippen LogP contribution in [0.5, 0.6) is 0 Å². The van der Waals surface area contributed by atoms with Gasteiger partial charge < -0.3 is 10.2 Å². The van der Waals surface area contributed by atoms with Crippen LogP contribution in [-0.2, 0) is 9.59 Å². The van der Waals surface area contributed by atoms with E-state index in [4.69, 9.17) is 0 Å². The molecule has 2 heterocycles. The summed E-state index contributed by atoms with van der Waals surface area (Å²) in [7, 11) is 0. The average molecular weight is 393 g/mol. The highest BCUT2D eigenvalue weighted by molar-refractivity contribution is 6.25. The summed E-state index contributed by atoms with van der Waals surface area (Å²) >= 11 is 0. The van der Waals surface area contributed by atoms with Crippen molar-refractivity contribution < 1.29 is 14.4 Å². The Kier molecular flexibility index (Phi) is 5.62. The molecule has 152 valence electrons. The monoisotopic (exact) mass is 393 g/mol. The fourth-order valence-electron chi connectivity index (χ4n) is 4.76. The average Bonchev–Trinajstić information content (AvgIpc) is 2.89. The second kappa shape index (κ2) is 8.33. The molecule has 4 rings (SSSR count). The summed E-state index contributed by atoms with van der Waals surface area (Å²) in [5.41, 5.74) is 3.01. The standard InChI is InChI=1S/C23H27N3O3/c1-15(7-10-21(28)25-14-27)26-20-6-2-5-18-17(16-4-3-12-24-13-11-16)8-9-19(22(18)20)23(26)29/h2,5-6,8-9,14-16,24H,3-4,7,10-13H2,1H3,(H,25,27,28). The van der Waals surface area contributed by atoms with Crippen molar-refractivity contribution in [3.63, 3.8) is 0 Å². The first-order valence-corrected chi connectivity index (χ1v) is 10.4. The van der Waals surface area contributed by atoms with Crippen molar-refractivity contribution in [3.05, 3.63) is 41.5 Å². The van der Waals surface area contributed by atoms with Crippen molar-refractivity contribution in [2.24, 2.45) is 0 Å². The molecule has 29 heavy (non-hydrogen) atoms. The zero-order chi connectivity index (χ0) is 20.4. The quantitative estimate of drug-likeness (QED) is 0.740. The van der Waals surface area contributed by atoms with Crippen molar-refractivity contribution in [2.75, 3.05) is 18.0 Å². The lowest BCUT2D eigenvalue weighted by Gasteiger charge is -2.25. The Balaban J connectivity index is 1.67. The number of nitrogens with zero attached hydrogens (tertiary/aromatic N) is 1. The third-order valence-corrected chi connectivity index (χ3v) is 6.23. The number of rotatable bonds is 6. The molecule has 2 aliphatic heterocycles. The van der Waals surface area contributed by atoms with Crippen LogP contribution >= 0.6 is 0 Å². The summed E-state index contributed by atoms with van der Waals surface area (Å²) in [6.45, 7) is 4.05. The van der Waals surface area contributed by atoms with Crippen LogP contribution in [0.4, 0.5) is 5.69 Å². The molecular weight excluding hydrogens is 366 g/mol. The number of amides is 3. The van der Waals surface area contributed by atoms with Crippen LogP contribution < -0.4 is 15.5 Å². The summed E-state index contributed by atoms with van der Waals surface area (Å²) < 4.78 is 0. The predicted molar refractivity (Wildman–Crippen MR) is 113 cm³/mol. The van der Waals surface area contributed by atoms with Crippen LogP contribution in [-0.4, -0.2) is 37.4 Å². The SMILES string of the molecule is CC(CCC(=O)NC=O)N1C(=O)c2ccc(C3CCCNCC3)c3cccc1c23. The number of imide groups is 1. The summed E-state index contributed by atoms with van der Waals surface area (Å²) in [4.78, 5) is 37.1. The Hall–Kier alpha value is -2.73. The van der Waals surface area contributed by atoms with Crippen molar-refractivity contribution in [3.8, 4) is 0 Å². The topological polar surface area (TPSA) is 78.5 Å². The highest BCUT2D eigenvalue weighted by Crippen LogP contribution is 2.43. The smallest absolute Gasteiger partial charge is 0.259 e. The molecule has 1 saturated heterocycles. The number of benzene rings is 2. The zero-order valence-electron chi connectivity index (χ0n) is 16.7. The number of anilines is 1. The minimum absolute atomic E-state index is 0.00595. The molecule has 0 bridgehead atoms. The van der Waals surface area contributed by atoms with Gasteiger partial charge in [0.1, 0.15) is 0 Å². The van der Waals surface area contributed by atoms with Gasteiger partial charge in [0.2, 0.25) is 12.3 Å². The van der Waals surface area contributed by atoms with E-state index in [1.807, 2.05) is 30.0 Å². The molecule has 2 N–H and O–H groups in total. The number of hydrogen-bond donors (Lipinski definition) is 2. The lowest BCUT2D eigenvalue weighted by molar-refractivity contribution is -0.125. The number of carbonyl (C=O) groups excluding carboxylic acids is 3. The Bertz CT molecular complexity index is 948. The van der Waals surface area contributed by atoms with Crippen LogP contribution in [0.3, 0.4) is 0 Å². The predicted octanol–water partition coefficient (Wildman–Crippen LogP) is 3.10. The van der Waals surface area contributed by atoms with E-state index in [0.29, 0.717) is 18.7 Å². The maximum absolute atomic E-state index is 13.2. The summed E-state index contributed by atoms with van der Waals surface area (Å²) in [5.74, 6) is 0.176. The number of nitrogens with one attached hydrogen (secondary N) is 2. The van der Waals surface area contributed by atoms with Gasteiger partial charge in [-0.25, -0.2) is 0 Å². The van der Waals surface area contributed by atoms with Crippen LogP contribution in [0.1, 0.15) is 60.9 Å². The van der Waals surface area contributed by atoms with E-state index >= 15 is 0 Å². The minimum atomic E-state index is -0.321. The molecule has 0 radical (unpaired) electrons. The molecule has 0 spiro atoms.